The van der Waals surface area contributed by atoms with Gasteiger partial charge in [0.1, 0.15) is 0 Å². The van der Waals surface area contributed by atoms with E-state index in [1.54, 1.807) is 0 Å². The van der Waals surface area contributed by atoms with E-state index in [0.29, 0.717) is 32.0 Å². The lowest BCUT2D eigenvalue weighted by atomic mass is 10.0. The van der Waals surface area contributed by atoms with Crippen LogP contribution in [0.4, 0.5) is 0 Å². The minimum atomic E-state index is -3.31. The summed E-state index contributed by atoms with van der Waals surface area (Å²) in [7, 11) is -3.31. The molecule has 1 unspecified atom stereocenters. The van der Waals surface area contributed by atoms with Crippen molar-refractivity contribution >= 4 is 15.9 Å². The first-order valence-electron chi connectivity index (χ1n) is 7.06. The predicted octanol–water partition coefficient (Wildman–Crippen LogP) is -0.330. The van der Waals surface area contributed by atoms with Crippen molar-refractivity contribution in [3.05, 3.63) is 0 Å². The Hall–Kier alpha value is -0.660. The molecule has 0 aromatic carbocycles. The second kappa shape index (κ2) is 6.67. The molecule has 2 saturated heterocycles. The van der Waals surface area contributed by atoms with Crippen molar-refractivity contribution in [2.75, 3.05) is 31.9 Å². The van der Waals surface area contributed by atoms with Crippen molar-refractivity contribution in [2.24, 2.45) is 0 Å². The molecule has 1 amide bonds. The van der Waals surface area contributed by atoms with Crippen LogP contribution in [0.2, 0.25) is 0 Å². The maximum absolute atomic E-state index is 12.2. The van der Waals surface area contributed by atoms with E-state index in [1.165, 1.54) is 17.1 Å². The fourth-order valence-electron chi connectivity index (χ4n) is 2.61. The third-order valence-electron chi connectivity index (χ3n) is 3.76. The molecule has 0 spiro atoms. The molecule has 0 bridgehead atoms. The van der Waals surface area contributed by atoms with Gasteiger partial charge in [-0.25, -0.2) is 8.42 Å². The summed E-state index contributed by atoms with van der Waals surface area (Å²) in [6.45, 7) is 1.96. The van der Waals surface area contributed by atoms with Crippen molar-refractivity contribution in [1.82, 2.24) is 14.9 Å². The van der Waals surface area contributed by atoms with E-state index in [1.807, 2.05) is 0 Å². The maximum atomic E-state index is 12.2. The SMILES string of the molecule is O=C1CN(S(=O)(=O)CCC2CCCCN2)CCCN1. The molecular formula is C12H23N3O3S. The van der Waals surface area contributed by atoms with Gasteiger partial charge in [0.05, 0.1) is 12.3 Å². The smallest absolute Gasteiger partial charge is 0.235 e. The average Bonchev–Trinajstić information content (AvgIpc) is 2.63. The molecule has 2 aliphatic rings. The van der Waals surface area contributed by atoms with E-state index in [9.17, 15) is 13.2 Å². The molecular weight excluding hydrogens is 266 g/mol. The topological polar surface area (TPSA) is 78.5 Å². The molecule has 0 aliphatic carbocycles. The zero-order valence-electron chi connectivity index (χ0n) is 11.2. The van der Waals surface area contributed by atoms with E-state index < -0.39 is 10.0 Å². The Morgan fingerprint density at radius 2 is 2.05 bits per heavy atom. The second-order valence-electron chi connectivity index (χ2n) is 5.29. The Labute approximate surface area is 115 Å². The molecule has 0 saturated carbocycles. The molecule has 2 rings (SSSR count). The summed E-state index contributed by atoms with van der Waals surface area (Å²) in [5.41, 5.74) is 0. The molecule has 19 heavy (non-hydrogen) atoms. The van der Waals surface area contributed by atoms with Crippen molar-refractivity contribution in [2.45, 2.75) is 38.1 Å². The number of piperidine rings is 1. The van der Waals surface area contributed by atoms with Crippen LogP contribution < -0.4 is 10.6 Å². The number of sulfonamides is 1. The first-order chi connectivity index (χ1) is 9.08. The summed E-state index contributed by atoms with van der Waals surface area (Å²) >= 11 is 0. The fraction of sp³-hybridized carbons (Fsp3) is 0.917. The maximum Gasteiger partial charge on any atom is 0.235 e. The highest BCUT2D eigenvalue weighted by molar-refractivity contribution is 7.89. The van der Waals surface area contributed by atoms with Gasteiger partial charge in [-0.2, -0.15) is 4.31 Å². The van der Waals surface area contributed by atoms with Crippen LogP contribution in [0.25, 0.3) is 0 Å². The van der Waals surface area contributed by atoms with E-state index >= 15 is 0 Å². The summed E-state index contributed by atoms with van der Waals surface area (Å²) in [6.07, 6.45) is 4.72. The molecule has 2 aliphatic heterocycles. The number of hydrogen-bond acceptors (Lipinski definition) is 4. The molecule has 110 valence electrons. The van der Waals surface area contributed by atoms with Crippen molar-refractivity contribution in [3.63, 3.8) is 0 Å². The van der Waals surface area contributed by atoms with Crippen LogP contribution in [0.3, 0.4) is 0 Å². The van der Waals surface area contributed by atoms with E-state index in [2.05, 4.69) is 10.6 Å². The summed E-state index contributed by atoms with van der Waals surface area (Å²) in [5, 5.41) is 6.05. The molecule has 7 heteroatoms. The molecule has 2 fully saturated rings. The Bertz CT molecular complexity index is 404. The normalized spacial score (nSPS) is 26.7. The zero-order chi connectivity index (χ0) is 13.7. The third-order valence-corrected chi connectivity index (χ3v) is 5.61. The largest absolute Gasteiger partial charge is 0.355 e. The van der Waals surface area contributed by atoms with Crippen LogP contribution in [0, 0.1) is 0 Å². The van der Waals surface area contributed by atoms with Gasteiger partial charge in [0, 0.05) is 19.1 Å². The van der Waals surface area contributed by atoms with Gasteiger partial charge in [0.2, 0.25) is 15.9 Å². The van der Waals surface area contributed by atoms with Crippen LogP contribution in [-0.4, -0.2) is 56.6 Å². The Morgan fingerprint density at radius 1 is 1.21 bits per heavy atom. The van der Waals surface area contributed by atoms with Crippen molar-refractivity contribution in [1.29, 1.82) is 0 Å². The quantitative estimate of drug-likeness (QED) is 0.743. The van der Waals surface area contributed by atoms with Crippen LogP contribution in [0.5, 0.6) is 0 Å². The predicted molar refractivity (Wildman–Crippen MR) is 73.2 cm³/mol. The van der Waals surface area contributed by atoms with Gasteiger partial charge in [-0.1, -0.05) is 6.42 Å². The van der Waals surface area contributed by atoms with Crippen LogP contribution in [-0.2, 0) is 14.8 Å². The molecule has 2 N–H and O–H groups in total. The van der Waals surface area contributed by atoms with E-state index in [0.717, 1.165) is 13.0 Å². The van der Waals surface area contributed by atoms with Gasteiger partial charge in [-0.3, -0.25) is 4.79 Å². The van der Waals surface area contributed by atoms with Gasteiger partial charge >= 0.3 is 0 Å². The zero-order valence-corrected chi connectivity index (χ0v) is 12.0. The lowest BCUT2D eigenvalue weighted by Gasteiger charge is -2.25. The molecule has 2 heterocycles. The highest BCUT2D eigenvalue weighted by atomic mass is 32.2. The average molecular weight is 289 g/mol. The van der Waals surface area contributed by atoms with E-state index in [-0.39, 0.29) is 18.2 Å². The highest BCUT2D eigenvalue weighted by Crippen LogP contribution is 2.13. The fourth-order valence-corrected chi connectivity index (χ4v) is 4.17. The van der Waals surface area contributed by atoms with Gasteiger partial charge in [-0.15, -0.1) is 0 Å². The van der Waals surface area contributed by atoms with Gasteiger partial charge in [0.25, 0.3) is 0 Å². The summed E-state index contributed by atoms with van der Waals surface area (Å²) < 4.78 is 25.8. The number of nitrogens with one attached hydrogen (secondary N) is 2. The minimum absolute atomic E-state index is 0.0274. The highest BCUT2D eigenvalue weighted by Gasteiger charge is 2.27. The van der Waals surface area contributed by atoms with Crippen LogP contribution in [0.1, 0.15) is 32.1 Å². The van der Waals surface area contributed by atoms with E-state index in [4.69, 9.17) is 0 Å². The number of nitrogens with zero attached hydrogens (tertiary/aromatic N) is 1. The monoisotopic (exact) mass is 289 g/mol. The second-order valence-corrected chi connectivity index (χ2v) is 7.38. The standard InChI is InChI=1S/C12H23N3O3S/c16-12-10-15(8-3-7-14-12)19(17,18)9-5-11-4-1-2-6-13-11/h11,13H,1-10H2,(H,14,16). The number of carbonyl (C=O) groups is 1. The molecule has 0 aromatic rings. The molecule has 0 radical (unpaired) electrons. The lowest BCUT2D eigenvalue weighted by molar-refractivity contribution is -0.120. The first-order valence-corrected chi connectivity index (χ1v) is 8.67. The van der Waals surface area contributed by atoms with Crippen LogP contribution >= 0.6 is 0 Å². The summed E-state index contributed by atoms with van der Waals surface area (Å²) in [5.74, 6) is -0.0605. The summed E-state index contributed by atoms with van der Waals surface area (Å²) in [4.78, 5) is 11.4. The van der Waals surface area contributed by atoms with Crippen molar-refractivity contribution < 1.29 is 13.2 Å². The summed E-state index contributed by atoms with van der Waals surface area (Å²) in [6, 6.07) is 0.310. The lowest BCUT2D eigenvalue weighted by Crippen LogP contribution is -2.41. The van der Waals surface area contributed by atoms with Gasteiger partial charge in [0.15, 0.2) is 0 Å². The molecule has 6 nitrogen and oxygen atoms in total. The minimum Gasteiger partial charge on any atom is -0.355 e. The number of carbonyl (C=O) groups excluding carboxylic acids is 1. The third kappa shape index (κ3) is 4.43. The number of hydrogen-bond donors (Lipinski definition) is 2. The molecule has 0 aromatic heterocycles. The Kier molecular flexibility index (Phi) is 5.18. The Morgan fingerprint density at radius 3 is 2.79 bits per heavy atom. The number of rotatable bonds is 4. The van der Waals surface area contributed by atoms with Gasteiger partial charge in [-0.05, 0) is 32.2 Å². The van der Waals surface area contributed by atoms with Gasteiger partial charge < -0.3 is 10.6 Å². The molecule has 1 atom stereocenters. The van der Waals surface area contributed by atoms with Crippen LogP contribution in [0.15, 0.2) is 0 Å². The van der Waals surface area contributed by atoms with Crippen molar-refractivity contribution in [3.8, 4) is 0 Å². The first kappa shape index (κ1) is 14.7. The Balaban J connectivity index is 1.87. The number of amides is 1.